The van der Waals surface area contributed by atoms with Crippen LogP contribution < -0.4 is 26.6 Å². The molecule has 0 unspecified atom stereocenters. The van der Waals surface area contributed by atoms with Crippen LogP contribution in [0.2, 0.25) is 0 Å². The molecule has 5 saturated heterocycles. The first kappa shape index (κ1) is 68.8. The highest BCUT2D eigenvalue weighted by Gasteiger charge is 2.10. The van der Waals surface area contributed by atoms with Crippen molar-refractivity contribution in [2.24, 2.45) is 29.6 Å². The second-order valence-corrected chi connectivity index (χ2v) is 21.0. The molecule has 9 heteroatoms. The van der Waals surface area contributed by atoms with Crippen molar-refractivity contribution in [2.75, 3.05) is 124 Å². The molecule has 0 aromatic rings. The van der Waals surface area contributed by atoms with E-state index < -0.39 is 0 Å². The number of hydrogen-bond acceptors (Lipinski definition) is 9. The smallest absolute Gasteiger partial charge is 0.0591 e. The van der Waals surface area contributed by atoms with Crippen molar-refractivity contribution < 1.29 is 4.74 Å². The highest BCUT2D eigenvalue weighted by Crippen LogP contribution is 2.05. The monoisotopic (exact) mass is 838 g/mol. The highest BCUT2D eigenvalue weighted by atomic mass is 32.2. The quantitative estimate of drug-likeness (QED) is 0.164. The lowest BCUT2D eigenvalue weighted by Gasteiger charge is -2.27. The van der Waals surface area contributed by atoms with Crippen LogP contribution in [0.1, 0.15) is 157 Å². The van der Waals surface area contributed by atoms with E-state index in [2.05, 4.69) is 182 Å². The lowest BCUT2D eigenvalue weighted by molar-refractivity contribution is 0.109. The zero-order valence-electron chi connectivity index (χ0n) is 43.4. The van der Waals surface area contributed by atoms with E-state index in [4.69, 9.17) is 4.74 Å². The summed E-state index contributed by atoms with van der Waals surface area (Å²) < 4.78 is 5.01. The molecule has 5 N–H and O–H groups in total. The van der Waals surface area contributed by atoms with E-state index in [0.29, 0.717) is 5.54 Å². The summed E-state index contributed by atoms with van der Waals surface area (Å²) in [6.45, 7) is 55.1. The summed E-state index contributed by atoms with van der Waals surface area (Å²) in [5.41, 5.74) is 0.333. The molecule has 354 valence electrons. The molecule has 0 radical (unpaired) electrons. The Morgan fingerprint density at radius 2 is 0.684 bits per heavy atom. The van der Waals surface area contributed by atoms with Crippen molar-refractivity contribution in [3.8, 4) is 0 Å². The van der Waals surface area contributed by atoms with E-state index in [1.165, 1.54) is 96.0 Å². The minimum atomic E-state index is 0.333. The predicted octanol–water partition coefficient (Wildman–Crippen LogP) is 10.2. The number of piperazine rings is 1. The van der Waals surface area contributed by atoms with Gasteiger partial charge in [-0.05, 0) is 123 Å². The van der Waals surface area contributed by atoms with Gasteiger partial charge in [0, 0.05) is 69.4 Å². The Labute approximate surface area is 367 Å². The van der Waals surface area contributed by atoms with Crippen LogP contribution in [0.15, 0.2) is 0 Å². The Morgan fingerprint density at radius 1 is 0.439 bits per heavy atom. The highest BCUT2D eigenvalue weighted by molar-refractivity contribution is 7.99. The zero-order chi connectivity index (χ0) is 45.3. The number of thioether (sulfide) groups is 1. The summed E-state index contributed by atoms with van der Waals surface area (Å²) >= 11 is 2.03. The van der Waals surface area contributed by atoms with E-state index in [1.807, 2.05) is 11.8 Å². The second kappa shape index (κ2) is 56.0. The topological polar surface area (TPSA) is 75.9 Å². The number of nitrogens with one attached hydrogen (secondary N) is 5. The van der Waals surface area contributed by atoms with Crippen LogP contribution in [-0.4, -0.2) is 140 Å². The van der Waals surface area contributed by atoms with Gasteiger partial charge in [0.15, 0.2) is 0 Å². The van der Waals surface area contributed by atoms with Gasteiger partial charge in [0.05, 0.1) is 13.2 Å². The Bertz CT molecular complexity index is 518. The largest absolute Gasteiger partial charge is 0.379 e. The molecule has 5 aliphatic rings. The first-order chi connectivity index (χ1) is 26.5. The maximum Gasteiger partial charge on any atom is 0.0591 e. The molecule has 0 bridgehead atoms. The minimum Gasteiger partial charge on any atom is -0.379 e. The number of morpholine rings is 1. The van der Waals surface area contributed by atoms with Crippen LogP contribution in [-0.2, 0) is 4.74 Å². The molecule has 5 fully saturated rings. The van der Waals surface area contributed by atoms with E-state index in [0.717, 1.165) is 69.0 Å². The Morgan fingerprint density at radius 3 is 0.789 bits per heavy atom. The molecule has 57 heavy (non-hydrogen) atoms. The van der Waals surface area contributed by atoms with Crippen LogP contribution in [0.5, 0.6) is 0 Å². The van der Waals surface area contributed by atoms with E-state index in [9.17, 15) is 0 Å². The van der Waals surface area contributed by atoms with Gasteiger partial charge in [0.25, 0.3) is 0 Å². The Balaban J connectivity index is -0.000000126. The minimum absolute atomic E-state index is 0.333. The van der Waals surface area contributed by atoms with Crippen molar-refractivity contribution in [3.05, 3.63) is 0 Å². The summed E-state index contributed by atoms with van der Waals surface area (Å²) in [5, 5.41) is 16.2. The third-order valence-electron chi connectivity index (χ3n) is 6.54. The molecule has 0 aromatic heterocycles. The molecule has 5 heterocycles. The van der Waals surface area contributed by atoms with Crippen LogP contribution in [0.25, 0.3) is 0 Å². The van der Waals surface area contributed by atoms with Gasteiger partial charge in [-0.3, -0.25) is 0 Å². The van der Waals surface area contributed by atoms with Crippen molar-refractivity contribution in [1.82, 2.24) is 36.4 Å². The third-order valence-corrected chi connectivity index (χ3v) is 7.52. The number of hydrogen-bond donors (Lipinski definition) is 5. The van der Waals surface area contributed by atoms with Gasteiger partial charge in [-0.25, -0.2) is 0 Å². The summed E-state index contributed by atoms with van der Waals surface area (Å²) in [5.74, 6) is 6.78. The molecule has 8 nitrogen and oxygen atoms in total. The molecular formula is C48H115N7OS. The van der Waals surface area contributed by atoms with E-state index in [-0.39, 0.29) is 0 Å². The van der Waals surface area contributed by atoms with Crippen molar-refractivity contribution in [1.29, 1.82) is 0 Å². The van der Waals surface area contributed by atoms with Crippen molar-refractivity contribution in [2.45, 2.75) is 162 Å². The van der Waals surface area contributed by atoms with Crippen LogP contribution in [0.3, 0.4) is 0 Å². The standard InChI is InChI=1S/C6H15N.C5H12N2.C5H11N.C4H9NO.C4H9NS.C4H9N.5C4H10/c1-6(2,3)7(4)5;1-7-4-2-6-3-5-7;1-2-4-6-5-3-1;2*1-3-6-4-2-5-1;1-2-4-5-3-1;5*1-4(2)3/h1-5H3;6H,2-5H2,1H3;6H,1-5H2;2*5H,1-4H2;5H,1-4H2;5*4H,1-3H3. The lowest BCUT2D eigenvalue weighted by atomic mass is 10.1. The maximum atomic E-state index is 5.01. The normalized spacial score (nSPS) is 17.5. The van der Waals surface area contributed by atoms with Gasteiger partial charge < -0.3 is 41.1 Å². The van der Waals surface area contributed by atoms with Crippen LogP contribution in [0.4, 0.5) is 0 Å². The zero-order valence-corrected chi connectivity index (χ0v) is 44.3. The SMILES string of the molecule is C1CCNC1.C1CCNCC1.C1COCCN1.C1CSCCN1.CC(C)C.CC(C)C.CC(C)C.CC(C)C.CC(C)C.CN(C)C(C)(C)C.CN1CCNCC1. The van der Waals surface area contributed by atoms with Gasteiger partial charge in [0.2, 0.25) is 0 Å². The number of rotatable bonds is 0. The first-order valence-electron chi connectivity index (χ1n) is 23.5. The molecular weight excluding hydrogens is 723 g/mol. The summed E-state index contributed by atoms with van der Waals surface area (Å²) in [6, 6.07) is 0. The van der Waals surface area contributed by atoms with Gasteiger partial charge in [-0.15, -0.1) is 0 Å². The second-order valence-electron chi connectivity index (χ2n) is 19.8. The predicted molar refractivity (Wildman–Crippen MR) is 269 cm³/mol. The van der Waals surface area contributed by atoms with Crippen molar-refractivity contribution in [3.63, 3.8) is 0 Å². The van der Waals surface area contributed by atoms with Gasteiger partial charge in [-0.2, -0.15) is 11.8 Å². The van der Waals surface area contributed by atoms with E-state index >= 15 is 0 Å². The number of ether oxygens (including phenoxy) is 1. The van der Waals surface area contributed by atoms with Gasteiger partial charge >= 0.3 is 0 Å². The molecule has 0 amide bonds. The molecule has 0 atom stereocenters. The third kappa shape index (κ3) is 119. The Hall–Kier alpha value is 0.0300. The average Bonchev–Trinajstić information content (AvgIpc) is 3.71. The molecule has 5 rings (SSSR count). The Kier molecular flexibility index (Phi) is 67.6. The molecule has 0 aromatic carbocycles. The molecule has 0 saturated carbocycles. The first-order valence-corrected chi connectivity index (χ1v) is 24.7. The van der Waals surface area contributed by atoms with E-state index in [1.54, 1.807) is 0 Å². The lowest BCUT2D eigenvalue weighted by Crippen LogP contribution is -2.40. The fourth-order valence-corrected chi connectivity index (χ4v) is 4.02. The van der Waals surface area contributed by atoms with Crippen LogP contribution in [0, 0.1) is 29.6 Å². The van der Waals surface area contributed by atoms with Crippen LogP contribution >= 0.6 is 11.8 Å². The number of piperidine rings is 1. The maximum absolute atomic E-state index is 5.01. The van der Waals surface area contributed by atoms with Crippen molar-refractivity contribution >= 4 is 11.8 Å². The average molecular weight is 839 g/mol. The number of likely N-dealkylation sites (N-methyl/N-ethyl adjacent to an activating group) is 1. The summed E-state index contributed by atoms with van der Waals surface area (Å²) in [7, 11) is 6.32. The summed E-state index contributed by atoms with van der Waals surface area (Å²) in [4.78, 5) is 4.52. The van der Waals surface area contributed by atoms with Gasteiger partial charge in [-0.1, -0.05) is 110 Å². The van der Waals surface area contributed by atoms with Gasteiger partial charge in [0.1, 0.15) is 0 Å². The molecule has 0 aliphatic carbocycles. The number of nitrogens with zero attached hydrogens (tertiary/aromatic N) is 2. The summed E-state index contributed by atoms with van der Waals surface area (Å²) in [6.07, 6.45) is 6.99. The molecule has 0 spiro atoms. The fraction of sp³-hybridized carbons (Fsp3) is 1.00. The molecule has 5 aliphatic heterocycles. The fourth-order valence-electron chi connectivity index (χ4n) is 3.23.